The Morgan fingerprint density at radius 2 is 2.00 bits per heavy atom. The fourth-order valence-corrected chi connectivity index (χ4v) is 1.97. The molecule has 0 unspecified atom stereocenters. The third-order valence-corrected chi connectivity index (χ3v) is 3.13. The van der Waals surface area contributed by atoms with Crippen LogP contribution in [0.15, 0.2) is 30.3 Å². The summed E-state index contributed by atoms with van der Waals surface area (Å²) in [5.41, 5.74) is 0.848. The van der Waals surface area contributed by atoms with Gasteiger partial charge in [-0.2, -0.15) is 0 Å². The van der Waals surface area contributed by atoms with Crippen LogP contribution in [0.3, 0.4) is 0 Å². The number of hydrogen-bond donors (Lipinski definition) is 1. The second-order valence-electron chi connectivity index (χ2n) is 4.61. The van der Waals surface area contributed by atoms with Crippen LogP contribution in [-0.2, 0) is 9.53 Å². The van der Waals surface area contributed by atoms with E-state index in [-0.39, 0.29) is 0 Å². The van der Waals surface area contributed by atoms with E-state index in [1.807, 2.05) is 24.3 Å². The largest absolute Gasteiger partial charge is 0.493 e. The molecule has 0 aliphatic carbocycles. The average Bonchev–Trinajstić information content (AvgIpc) is 2.45. The van der Waals surface area contributed by atoms with Crippen LogP contribution in [0, 0.1) is 5.92 Å². The topological polar surface area (TPSA) is 55.8 Å². The quantitative estimate of drug-likeness (QED) is 0.829. The van der Waals surface area contributed by atoms with Crippen LogP contribution in [0.5, 0.6) is 5.75 Å². The van der Waals surface area contributed by atoms with Crippen LogP contribution in [-0.4, -0.2) is 30.9 Å². The number of hydrogen-bond acceptors (Lipinski definition) is 3. The number of rotatable bonds is 5. The van der Waals surface area contributed by atoms with Gasteiger partial charge in [0.2, 0.25) is 0 Å². The predicted octanol–water partition coefficient (Wildman–Crippen LogP) is 2.59. The van der Waals surface area contributed by atoms with E-state index < -0.39 is 5.97 Å². The maximum atomic E-state index is 10.4. The summed E-state index contributed by atoms with van der Waals surface area (Å²) in [5.74, 6) is 0.444. The molecular weight excluding hydrogens is 244 g/mol. The van der Waals surface area contributed by atoms with Crippen LogP contribution in [0.2, 0.25) is 0 Å². The van der Waals surface area contributed by atoms with Gasteiger partial charge in [0.1, 0.15) is 5.75 Å². The standard InChI is InChI=1S/C15H18O4/c16-15(17)6-3-12-1-4-14(5-2-12)19-11-13-7-9-18-10-8-13/h1-6,13H,7-11H2,(H,16,17). The second kappa shape index (κ2) is 6.95. The van der Waals surface area contributed by atoms with Gasteiger partial charge in [0.15, 0.2) is 0 Å². The Hall–Kier alpha value is -1.81. The van der Waals surface area contributed by atoms with Gasteiger partial charge in [-0.25, -0.2) is 4.79 Å². The van der Waals surface area contributed by atoms with Gasteiger partial charge in [0.05, 0.1) is 6.61 Å². The lowest BCUT2D eigenvalue weighted by Crippen LogP contribution is -2.21. The minimum atomic E-state index is -0.945. The van der Waals surface area contributed by atoms with Crippen molar-refractivity contribution in [2.75, 3.05) is 19.8 Å². The van der Waals surface area contributed by atoms with Gasteiger partial charge >= 0.3 is 5.97 Å². The Morgan fingerprint density at radius 1 is 1.32 bits per heavy atom. The molecule has 0 aromatic heterocycles. The summed E-state index contributed by atoms with van der Waals surface area (Å²) in [6.45, 7) is 2.37. The average molecular weight is 262 g/mol. The van der Waals surface area contributed by atoms with Crippen LogP contribution in [0.25, 0.3) is 6.08 Å². The van der Waals surface area contributed by atoms with Crippen molar-refractivity contribution in [2.45, 2.75) is 12.8 Å². The molecule has 102 valence electrons. The molecule has 0 amide bonds. The smallest absolute Gasteiger partial charge is 0.328 e. The molecule has 0 radical (unpaired) electrons. The van der Waals surface area contributed by atoms with Crippen molar-refractivity contribution in [3.8, 4) is 5.75 Å². The minimum Gasteiger partial charge on any atom is -0.493 e. The summed E-state index contributed by atoms with van der Waals surface area (Å²) in [4.78, 5) is 10.4. The Kier molecular flexibility index (Phi) is 4.98. The van der Waals surface area contributed by atoms with E-state index in [1.54, 1.807) is 6.08 Å². The van der Waals surface area contributed by atoms with Crippen LogP contribution < -0.4 is 4.74 Å². The van der Waals surface area contributed by atoms with Crippen molar-refractivity contribution in [3.63, 3.8) is 0 Å². The van der Waals surface area contributed by atoms with Gasteiger partial charge in [-0.15, -0.1) is 0 Å². The number of carboxylic acid groups (broad SMARTS) is 1. The lowest BCUT2D eigenvalue weighted by atomic mass is 10.0. The summed E-state index contributed by atoms with van der Waals surface area (Å²) in [6, 6.07) is 7.42. The molecule has 4 nitrogen and oxygen atoms in total. The molecule has 1 aliphatic heterocycles. The minimum absolute atomic E-state index is 0.570. The number of aliphatic carboxylic acids is 1. The zero-order valence-corrected chi connectivity index (χ0v) is 10.7. The third-order valence-electron chi connectivity index (χ3n) is 3.13. The molecule has 1 aromatic rings. The normalized spacial score (nSPS) is 16.6. The van der Waals surface area contributed by atoms with Gasteiger partial charge in [-0.05, 0) is 42.5 Å². The molecule has 0 saturated carbocycles. The first-order valence-corrected chi connectivity index (χ1v) is 6.45. The van der Waals surface area contributed by atoms with Crippen molar-refractivity contribution in [3.05, 3.63) is 35.9 Å². The predicted molar refractivity (Wildman–Crippen MR) is 72.1 cm³/mol. The lowest BCUT2D eigenvalue weighted by molar-refractivity contribution is -0.131. The molecule has 0 bridgehead atoms. The molecule has 1 fully saturated rings. The Balaban J connectivity index is 1.82. The molecule has 19 heavy (non-hydrogen) atoms. The molecular formula is C15H18O4. The maximum Gasteiger partial charge on any atom is 0.328 e. The van der Waals surface area contributed by atoms with Gasteiger partial charge in [-0.1, -0.05) is 12.1 Å². The highest BCUT2D eigenvalue weighted by Gasteiger charge is 2.14. The summed E-state index contributed by atoms with van der Waals surface area (Å²) in [6.07, 6.45) is 4.79. The second-order valence-corrected chi connectivity index (χ2v) is 4.61. The number of benzene rings is 1. The summed E-state index contributed by atoms with van der Waals surface area (Å²) in [5, 5.41) is 8.54. The van der Waals surface area contributed by atoms with E-state index >= 15 is 0 Å². The molecule has 0 spiro atoms. The molecule has 1 saturated heterocycles. The number of carboxylic acids is 1. The molecule has 4 heteroatoms. The summed E-state index contributed by atoms with van der Waals surface area (Å²) < 4.78 is 11.0. The molecule has 0 atom stereocenters. The molecule has 1 heterocycles. The van der Waals surface area contributed by atoms with Gasteiger partial charge < -0.3 is 14.6 Å². The highest BCUT2D eigenvalue weighted by Crippen LogP contribution is 2.18. The Bertz CT molecular complexity index is 430. The number of carbonyl (C=O) groups is 1. The van der Waals surface area contributed by atoms with Crippen LogP contribution in [0.1, 0.15) is 18.4 Å². The van der Waals surface area contributed by atoms with Crippen molar-refractivity contribution < 1.29 is 19.4 Å². The number of ether oxygens (including phenoxy) is 2. The van der Waals surface area contributed by atoms with Crippen LogP contribution >= 0.6 is 0 Å². The van der Waals surface area contributed by atoms with E-state index in [0.29, 0.717) is 12.5 Å². The van der Waals surface area contributed by atoms with Gasteiger partial charge in [0, 0.05) is 19.3 Å². The van der Waals surface area contributed by atoms with E-state index in [1.165, 1.54) is 0 Å². The Morgan fingerprint density at radius 3 is 2.63 bits per heavy atom. The van der Waals surface area contributed by atoms with Gasteiger partial charge in [-0.3, -0.25) is 0 Å². The van der Waals surface area contributed by atoms with E-state index in [0.717, 1.165) is 43.4 Å². The monoisotopic (exact) mass is 262 g/mol. The fraction of sp³-hybridized carbons (Fsp3) is 0.400. The molecule has 1 N–H and O–H groups in total. The lowest BCUT2D eigenvalue weighted by Gasteiger charge is -2.22. The Labute approximate surface area is 112 Å². The zero-order valence-electron chi connectivity index (χ0n) is 10.7. The molecule has 1 aromatic carbocycles. The van der Waals surface area contributed by atoms with Gasteiger partial charge in [0.25, 0.3) is 0 Å². The highest BCUT2D eigenvalue weighted by molar-refractivity contribution is 5.85. The first-order chi connectivity index (χ1) is 9.24. The van der Waals surface area contributed by atoms with Crippen molar-refractivity contribution in [2.24, 2.45) is 5.92 Å². The van der Waals surface area contributed by atoms with E-state index in [9.17, 15) is 4.79 Å². The van der Waals surface area contributed by atoms with Crippen LogP contribution in [0.4, 0.5) is 0 Å². The SMILES string of the molecule is O=C(O)C=Cc1ccc(OCC2CCOCC2)cc1. The first kappa shape index (κ1) is 13.6. The maximum absolute atomic E-state index is 10.4. The van der Waals surface area contributed by atoms with E-state index in [2.05, 4.69) is 0 Å². The fourth-order valence-electron chi connectivity index (χ4n) is 1.97. The molecule has 1 aliphatic rings. The highest BCUT2D eigenvalue weighted by atomic mass is 16.5. The molecule has 2 rings (SSSR count). The van der Waals surface area contributed by atoms with Crippen molar-refractivity contribution in [1.29, 1.82) is 0 Å². The van der Waals surface area contributed by atoms with E-state index in [4.69, 9.17) is 14.6 Å². The summed E-state index contributed by atoms with van der Waals surface area (Å²) >= 11 is 0. The van der Waals surface area contributed by atoms with Crippen molar-refractivity contribution in [1.82, 2.24) is 0 Å². The first-order valence-electron chi connectivity index (χ1n) is 6.45. The summed E-state index contributed by atoms with van der Waals surface area (Å²) in [7, 11) is 0. The zero-order chi connectivity index (χ0) is 13.5. The third kappa shape index (κ3) is 4.75. The van der Waals surface area contributed by atoms with Crippen molar-refractivity contribution >= 4 is 12.0 Å².